The number of fused-ring (bicyclic) bond motifs is 1. The predicted octanol–water partition coefficient (Wildman–Crippen LogP) is 3.39. The number of H-pyrrole nitrogens is 1. The van der Waals surface area contributed by atoms with Gasteiger partial charge in [0.2, 0.25) is 0 Å². The van der Waals surface area contributed by atoms with Crippen molar-refractivity contribution >= 4 is 29.2 Å². The molecule has 0 saturated heterocycles. The molecule has 0 radical (unpaired) electrons. The number of rotatable bonds is 4. The van der Waals surface area contributed by atoms with Crippen molar-refractivity contribution in [2.24, 2.45) is 0 Å². The van der Waals surface area contributed by atoms with Gasteiger partial charge in [0.25, 0.3) is 5.91 Å². The number of methoxy groups -OCH3 is 2. The van der Waals surface area contributed by atoms with Crippen LogP contribution in [0.25, 0.3) is 11.6 Å². The predicted molar refractivity (Wildman–Crippen MR) is 120 cm³/mol. The van der Waals surface area contributed by atoms with Crippen molar-refractivity contribution in [3.63, 3.8) is 0 Å². The third-order valence-electron chi connectivity index (χ3n) is 5.07. The quantitative estimate of drug-likeness (QED) is 0.336. The van der Waals surface area contributed by atoms with E-state index in [1.807, 2.05) is 0 Å². The molecule has 0 aliphatic carbocycles. The van der Waals surface area contributed by atoms with Crippen LogP contribution >= 0.6 is 0 Å². The third kappa shape index (κ3) is 4.00. The highest BCUT2D eigenvalue weighted by Gasteiger charge is 2.27. The fourth-order valence-electron chi connectivity index (χ4n) is 3.44. The summed E-state index contributed by atoms with van der Waals surface area (Å²) in [6.07, 6.45) is 2.37. The maximum absolute atomic E-state index is 12.6. The molecule has 3 N–H and O–H groups in total. The molecule has 4 rings (SSSR count). The van der Waals surface area contributed by atoms with Crippen molar-refractivity contribution in [3.05, 3.63) is 82.7 Å². The number of esters is 1. The second kappa shape index (κ2) is 8.84. The molecule has 7 heteroatoms. The van der Waals surface area contributed by atoms with Gasteiger partial charge >= 0.3 is 5.97 Å². The van der Waals surface area contributed by atoms with Crippen molar-refractivity contribution in [2.75, 3.05) is 19.5 Å². The summed E-state index contributed by atoms with van der Waals surface area (Å²) >= 11 is 0. The molecule has 32 heavy (non-hydrogen) atoms. The first-order valence-corrected chi connectivity index (χ1v) is 9.77. The zero-order valence-electron chi connectivity index (χ0n) is 17.4. The Morgan fingerprint density at radius 1 is 1.12 bits per heavy atom. The number of ether oxygens (including phenoxy) is 2. The molecular formula is C25H20N2O5. The van der Waals surface area contributed by atoms with E-state index >= 15 is 0 Å². The first-order valence-electron chi connectivity index (χ1n) is 9.77. The SMILES string of the molecule is COC(=O)c1ccc(C(O)C#Cc2cccc3c2C(=Cc2[nH]ccc2OC)C(=O)N3)cc1. The van der Waals surface area contributed by atoms with Crippen LogP contribution in [-0.2, 0) is 9.53 Å². The molecule has 0 spiro atoms. The van der Waals surface area contributed by atoms with E-state index in [9.17, 15) is 14.7 Å². The van der Waals surface area contributed by atoms with Gasteiger partial charge in [-0.05, 0) is 42.0 Å². The number of aromatic nitrogens is 1. The lowest BCUT2D eigenvalue weighted by atomic mass is 9.99. The van der Waals surface area contributed by atoms with E-state index in [0.717, 1.165) is 0 Å². The van der Waals surface area contributed by atoms with Crippen molar-refractivity contribution in [1.82, 2.24) is 4.98 Å². The number of nitrogens with one attached hydrogen (secondary N) is 2. The first-order chi connectivity index (χ1) is 15.5. The molecule has 2 aromatic carbocycles. The molecule has 160 valence electrons. The van der Waals surface area contributed by atoms with Crippen LogP contribution < -0.4 is 10.1 Å². The average Bonchev–Trinajstić information content (AvgIpc) is 3.41. The minimum atomic E-state index is -1.07. The molecule has 1 amide bonds. The Hall–Kier alpha value is -4.28. The summed E-state index contributed by atoms with van der Waals surface area (Å²) in [4.78, 5) is 27.2. The molecule has 1 aliphatic heterocycles. The zero-order valence-corrected chi connectivity index (χ0v) is 17.4. The maximum atomic E-state index is 12.6. The van der Waals surface area contributed by atoms with E-state index in [2.05, 4.69) is 26.9 Å². The second-order valence-corrected chi connectivity index (χ2v) is 6.99. The molecule has 1 atom stereocenters. The fourth-order valence-corrected chi connectivity index (χ4v) is 3.44. The van der Waals surface area contributed by atoms with E-state index in [1.165, 1.54) is 7.11 Å². The van der Waals surface area contributed by atoms with Gasteiger partial charge < -0.3 is 24.9 Å². The fraction of sp³-hybridized carbons (Fsp3) is 0.120. The van der Waals surface area contributed by atoms with Gasteiger partial charge in [0.05, 0.1) is 36.7 Å². The Labute approximate surface area is 184 Å². The number of hydrogen-bond acceptors (Lipinski definition) is 5. The number of carbonyl (C=O) groups excluding carboxylic acids is 2. The molecular weight excluding hydrogens is 408 g/mol. The van der Waals surface area contributed by atoms with Gasteiger partial charge in [-0.1, -0.05) is 30.0 Å². The summed E-state index contributed by atoms with van der Waals surface area (Å²) < 4.78 is 9.99. The Morgan fingerprint density at radius 2 is 1.91 bits per heavy atom. The van der Waals surface area contributed by atoms with Crippen LogP contribution in [-0.4, -0.2) is 36.2 Å². The van der Waals surface area contributed by atoms with E-state index in [4.69, 9.17) is 4.74 Å². The minimum Gasteiger partial charge on any atom is -0.495 e. The first kappa shape index (κ1) is 21.0. The lowest BCUT2D eigenvalue weighted by molar-refractivity contribution is -0.110. The number of benzene rings is 2. The van der Waals surface area contributed by atoms with E-state index in [1.54, 1.807) is 67.9 Å². The molecule has 1 aliphatic rings. The Morgan fingerprint density at radius 3 is 2.62 bits per heavy atom. The van der Waals surface area contributed by atoms with Gasteiger partial charge in [-0.2, -0.15) is 0 Å². The smallest absolute Gasteiger partial charge is 0.337 e. The van der Waals surface area contributed by atoms with Crippen molar-refractivity contribution < 1.29 is 24.2 Å². The number of carbonyl (C=O) groups is 2. The standard InChI is InChI=1S/C25H20N2O5/c1-31-22-12-13-26-20(22)14-18-23-16(4-3-5-19(23)27-24(18)29)10-11-21(28)15-6-8-17(9-7-15)25(30)32-2/h3-9,12-14,21,26,28H,1-2H3,(H,27,29). The third-order valence-corrected chi connectivity index (χ3v) is 5.07. The van der Waals surface area contributed by atoms with Gasteiger partial charge in [-0.15, -0.1) is 0 Å². The molecule has 0 bridgehead atoms. The molecule has 7 nitrogen and oxygen atoms in total. The number of hydrogen-bond donors (Lipinski definition) is 3. The highest BCUT2D eigenvalue weighted by Crippen LogP contribution is 2.36. The van der Waals surface area contributed by atoms with E-state index in [0.29, 0.717) is 45.0 Å². The van der Waals surface area contributed by atoms with Gasteiger partial charge in [0.15, 0.2) is 0 Å². The molecule has 2 heterocycles. The van der Waals surface area contributed by atoms with Gasteiger partial charge in [-0.3, -0.25) is 4.79 Å². The highest BCUT2D eigenvalue weighted by molar-refractivity contribution is 6.35. The number of amides is 1. The molecule has 0 fully saturated rings. The summed E-state index contributed by atoms with van der Waals surface area (Å²) in [7, 11) is 2.87. The van der Waals surface area contributed by atoms with Crippen LogP contribution in [0.3, 0.4) is 0 Å². The normalized spacial score (nSPS) is 14.2. The Balaban J connectivity index is 1.67. The van der Waals surface area contributed by atoms with E-state index < -0.39 is 12.1 Å². The number of aliphatic hydroxyl groups excluding tert-OH is 1. The van der Waals surface area contributed by atoms with Crippen LogP contribution in [0, 0.1) is 11.8 Å². The summed E-state index contributed by atoms with van der Waals surface area (Å²) in [6, 6.07) is 13.5. The summed E-state index contributed by atoms with van der Waals surface area (Å²) in [5.74, 6) is 5.72. The van der Waals surface area contributed by atoms with Crippen LogP contribution in [0.1, 0.15) is 38.8 Å². The summed E-state index contributed by atoms with van der Waals surface area (Å²) in [6.45, 7) is 0. The van der Waals surface area contributed by atoms with Crippen molar-refractivity contribution in [1.29, 1.82) is 0 Å². The molecule has 1 unspecified atom stereocenters. The van der Waals surface area contributed by atoms with Crippen LogP contribution in [0.2, 0.25) is 0 Å². The van der Waals surface area contributed by atoms with Crippen molar-refractivity contribution in [3.8, 4) is 17.6 Å². The molecule has 0 saturated carbocycles. The lowest BCUT2D eigenvalue weighted by Gasteiger charge is -2.06. The second-order valence-electron chi connectivity index (χ2n) is 6.99. The average molecular weight is 428 g/mol. The van der Waals surface area contributed by atoms with Gasteiger partial charge in [0, 0.05) is 17.3 Å². The van der Waals surface area contributed by atoms with Gasteiger partial charge in [-0.25, -0.2) is 4.79 Å². The van der Waals surface area contributed by atoms with Crippen LogP contribution in [0.4, 0.5) is 5.69 Å². The maximum Gasteiger partial charge on any atom is 0.337 e. The lowest BCUT2D eigenvalue weighted by Crippen LogP contribution is -2.03. The monoisotopic (exact) mass is 428 g/mol. The number of anilines is 1. The summed E-state index contributed by atoms with van der Waals surface area (Å²) in [5.41, 5.74) is 3.95. The van der Waals surface area contributed by atoms with E-state index in [-0.39, 0.29) is 5.91 Å². The van der Waals surface area contributed by atoms with Crippen molar-refractivity contribution in [2.45, 2.75) is 6.10 Å². The summed E-state index contributed by atoms with van der Waals surface area (Å²) in [5, 5.41) is 13.3. The van der Waals surface area contributed by atoms with Crippen LogP contribution in [0.5, 0.6) is 5.75 Å². The highest BCUT2D eigenvalue weighted by atomic mass is 16.5. The number of aliphatic hydroxyl groups is 1. The number of aromatic amines is 1. The minimum absolute atomic E-state index is 0.246. The molecule has 1 aromatic heterocycles. The van der Waals surface area contributed by atoms with Gasteiger partial charge in [0.1, 0.15) is 11.9 Å². The largest absolute Gasteiger partial charge is 0.495 e. The zero-order chi connectivity index (χ0) is 22.7. The van der Waals surface area contributed by atoms with Crippen LogP contribution in [0.15, 0.2) is 54.7 Å². The Bertz CT molecular complexity index is 1280. The Kier molecular flexibility index (Phi) is 5.79. The topological polar surface area (TPSA) is 101 Å². The molecule has 3 aromatic rings.